The number of carboxylic acids is 5. The number of aromatic nitrogens is 1. The van der Waals surface area contributed by atoms with Crippen molar-refractivity contribution >= 4 is 52.2 Å². The van der Waals surface area contributed by atoms with Crippen LogP contribution in [0.25, 0.3) is 22.6 Å². The van der Waals surface area contributed by atoms with Crippen molar-refractivity contribution in [3.8, 4) is 23.1 Å². The monoisotopic (exact) mass is 835 g/mol. The Morgan fingerprint density at radius 1 is 0.706 bits per heavy atom. The Kier molecular flexibility index (Phi) is 28.8. The first-order chi connectivity index (χ1) is 21.8. The Labute approximate surface area is 500 Å². The van der Waals surface area contributed by atoms with Crippen molar-refractivity contribution in [1.29, 1.82) is 0 Å². The van der Waals surface area contributed by atoms with E-state index in [4.69, 9.17) is 18.3 Å². The normalized spacial score (nSPS) is 9.75. The maximum Gasteiger partial charge on any atom is 1.00 e. The fourth-order valence-electron chi connectivity index (χ4n) is 4.27. The molecule has 0 aliphatic rings. The Balaban J connectivity index is 0. The number of hydrogen-bond donors (Lipinski definition) is 0. The zero-order valence-corrected chi connectivity index (χ0v) is 43.8. The second-order valence-electron chi connectivity index (χ2n) is 9.27. The molecule has 2 aromatic heterocycles. The van der Waals surface area contributed by atoms with Crippen molar-refractivity contribution in [2.75, 3.05) is 49.2 Å². The molecule has 0 bridgehead atoms. The van der Waals surface area contributed by atoms with Crippen LogP contribution in [0.1, 0.15) is 10.6 Å². The number of oxazole rings is 1. The van der Waals surface area contributed by atoms with Gasteiger partial charge < -0.3 is 77.6 Å². The quantitative estimate of drug-likeness (QED) is 0.0706. The van der Waals surface area contributed by atoms with Gasteiger partial charge in [0.15, 0.2) is 23.1 Å². The SMILES string of the molecule is O=C([O-])CN(CC(=O)[O-])c1cc2oc(-c3ncc(C(=O)[O-])o3)cc2cc1OCCOc1c(F)cccc1N(CC(=O)[O-])CC(=O)[O-].[K+].[K+].[K+].[K+].[K+]. The van der Waals surface area contributed by atoms with E-state index < -0.39 is 86.6 Å². The minimum Gasteiger partial charge on any atom is -0.548 e. The van der Waals surface area contributed by atoms with E-state index in [1.165, 1.54) is 30.3 Å². The number of carboxylic acid groups (broad SMARTS) is 5. The third-order valence-corrected chi connectivity index (χ3v) is 6.01. The molecule has 0 fully saturated rings. The topological polar surface area (TPSA) is 265 Å². The molecule has 2 heterocycles. The number of nitrogens with zero attached hydrogens (tertiary/aromatic N) is 3. The van der Waals surface area contributed by atoms with Crippen LogP contribution in [-0.2, 0) is 19.2 Å². The van der Waals surface area contributed by atoms with Gasteiger partial charge in [0.1, 0.15) is 30.5 Å². The molecular formula is C28H19FK5N3O14. The number of benzene rings is 2. The number of para-hydroxylation sites is 1. The average molecular weight is 836 g/mol. The number of fused-ring (bicyclic) bond motifs is 1. The Hall–Kier alpha value is 1.85. The molecule has 23 heteroatoms. The van der Waals surface area contributed by atoms with E-state index in [9.17, 15) is 53.9 Å². The molecule has 0 saturated carbocycles. The largest absolute Gasteiger partial charge is 1.00 e. The van der Waals surface area contributed by atoms with Crippen molar-refractivity contribution < 1.29 is 329 Å². The van der Waals surface area contributed by atoms with Crippen LogP contribution in [0.5, 0.6) is 11.5 Å². The summed E-state index contributed by atoms with van der Waals surface area (Å²) in [6.45, 7) is -4.59. The summed E-state index contributed by atoms with van der Waals surface area (Å²) in [5.74, 6) is -10.8. The fourth-order valence-corrected chi connectivity index (χ4v) is 4.27. The average Bonchev–Trinajstić information content (AvgIpc) is 3.61. The van der Waals surface area contributed by atoms with Crippen LogP contribution in [0.15, 0.2) is 51.4 Å². The van der Waals surface area contributed by atoms with Crippen molar-refractivity contribution in [3.05, 3.63) is 54.2 Å². The van der Waals surface area contributed by atoms with Gasteiger partial charge in [-0.15, -0.1) is 0 Å². The van der Waals surface area contributed by atoms with Gasteiger partial charge in [0.05, 0.1) is 67.6 Å². The first-order valence-electron chi connectivity index (χ1n) is 12.9. The Morgan fingerprint density at radius 2 is 1.24 bits per heavy atom. The van der Waals surface area contributed by atoms with E-state index in [2.05, 4.69) is 4.98 Å². The number of carbonyl (C=O) groups is 5. The van der Waals surface area contributed by atoms with Crippen LogP contribution in [0.2, 0.25) is 0 Å². The summed E-state index contributed by atoms with van der Waals surface area (Å²) in [6.07, 6.45) is 0.886. The second-order valence-corrected chi connectivity index (χ2v) is 9.27. The Bertz CT molecular complexity index is 1790. The molecule has 0 N–H and O–H groups in total. The summed E-state index contributed by atoms with van der Waals surface area (Å²) in [6, 6.07) is 7.26. The molecule has 4 aromatic rings. The predicted octanol–water partition coefficient (Wildman–Crippen LogP) is -19.3. The fraction of sp³-hybridized carbons (Fsp3) is 0.214. The van der Waals surface area contributed by atoms with Crippen molar-refractivity contribution in [2.24, 2.45) is 0 Å². The Morgan fingerprint density at radius 3 is 1.75 bits per heavy atom. The van der Waals surface area contributed by atoms with Gasteiger partial charge in [-0.1, -0.05) is 6.07 Å². The summed E-state index contributed by atoms with van der Waals surface area (Å²) in [4.78, 5) is 61.5. The van der Waals surface area contributed by atoms with E-state index in [1.807, 2.05) is 0 Å². The van der Waals surface area contributed by atoms with Crippen molar-refractivity contribution in [2.45, 2.75) is 0 Å². The first-order valence-corrected chi connectivity index (χ1v) is 12.9. The van der Waals surface area contributed by atoms with Crippen LogP contribution >= 0.6 is 0 Å². The zero-order valence-electron chi connectivity index (χ0n) is 28.2. The molecule has 0 amide bonds. The van der Waals surface area contributed by atoms with Crippen LogP contribution in [0.4, 0.5) is 15.8 Å². The van der Waals surface area contributed by atoms with Crippen LogP contribution in [-0.4, -0.2) is 74.2 Å². The van der Waals surface area contributed by atoms with Gasteiger partial charge in [-0.25, -0.2) is 9.37 Å². The maximum absolute atomic E-state index is 14.7. The number of rotatable bonds is 17. The molecule has 0 spiro atoms. The molecular weight excluding hydrogens is 817 g/mol. The number of aromatic carboxylic acids is 1. The maximum atomic E-state index is 14.7. The summed E-state index contributed by atoms with van der Waals surface area (Å²) in [5, 5.41) is 56.5. The summed E-state index contributed by atoms with van der Waals surface area (Å²) >= 11 is 0. The van der Waals surface area contributed by atoms with Gasteiger partial charge in [-0.3, -0.25) is 0 Å². The first kappa shape index (κ1) is 55.0. The number of halogens is 1. The standard InChI is InChI=1S/C28H24FN3O14.5K/c29-15-2-1-3-16(31(10-22(33)34)11-23(35)36)26(15)44-5-4-43-19-6-14-7-20(27-30-9-21(46-27)28(41)42)45-18(14)8-17(19)32(12-24(37)38)13-25(39)40;;;;;/h1-3,6-9H,4-5,10-13H2,(H,33,34)(H,35,36)(H,37,38)(H,39,40)(H,41,42);;;;;/q;5*+1/p-5. The molecule has 0 saturated heterocycles. The van der Waals surface area contributed by atoms with Gasteiger partial charge in [0.25, 0.3) is 5.89 Å². The summed E-state index contributed by atoms with van der Waals surface area (Å²) < 4.78 is 36.6. The third-order valence-electron chi connectivity index (χ3n) is 6.01. The summed E-state index contributed by atoms with van der Waals surface area (Å²) in [5.41, 5.74) is -0.338. The minimum absolute atomic E-state index is 0. The van der Waals surface area contributed by atoms with E-state index in [1.54, 1.807) is 0 Å². The number of ether oxygens (including phenoxy) is 2. The molecule has 17 nitrogen and oxygen atoms in total. The molecule has 0 aliphatic carbocycles. The number of carbonyl (C=O) groups excluding carboxylic acids is 5. The van der Waals surface area contributed by atoms with Gasteiger partial charge in [0, 0.05) is 11.5 Å². The van der Waals surface area contributed by atoms with Gasteiger partial charge >= 0.3 is 257 Å². The zero-order chi connectivity index (χ0) is 33.5. The number of furan rings is 1. The molecule has 242 valence electrons. The molecule has 51 heavy (non-hydrogen) atoms. The van der Waals surface area contributed by atoms with E-state index in [0.717, 1.165) is 22.1 Å². The van der Waals surface area contributed by atoms with Crippen molar-refractivity contribution in [3.63, 3.8) is 0 Å². The number of anilines is 2. The van der Waals surface area contributed by atoms with E-state index >= 15 is 0 Å². The molecule has 2 aromatic carbocycles. The van der Waals surface area contributed by atoms with Crippen molar-refractivity contribution in [1.82, 2.24) is 4.98 Å². The molecule has 0 unspecified atom stereocenters. The van der Waals surface area contributed by atoms with Gasteiger partial charge in [-0.2, -0.15) is 0 Å². The molecule has 0 atom stereocenters. The molecule has 4 rings (SSSR count). The smallest absolute Gasteiger partial charge is 0.548 e. The van der Waals surface area contributed by atoms with Crippen LogP contribution in [0.3, 0.4) is 0 Å². The third kappa shape index (κ3) is 16.7. The number of aliphatic carboxylic acids is 4. The van der Waals surface area contributed by atoms with Gasteiger partial charge in [0.2, 0.25) is 0 Å². The van der Waals surface area contributed by atoms with Crippen LogP contribution < -0.4 is 302 Å². The molecule has 0 radical (unpaired) electrons. The van der Waals surface area contributed by atoms with Crippen LogP contribution in [0, 0.1) is 5.82 Å². The van der Waals surface area contributed by atoms with E-state index in [0.29, 0.717) is 0 Å². The van der Waals surface area contributed by atoms with Gasteiger partial charge in [-0.05, 0) is 24.3 Å². The number of hydrogen-bond acceptors (Lipinski definition) is 17. The predicted molar refractivity (Wildman–Crippen MR) is 138 cm³/mol. The minimum atomic E-state index is -1.66. The van der Waals surface area contributed by atoms with E-state index in [-0.39, 0.29) is 297 Å². The summed E-state index contributed by atoms with van der Waals surface area (Å²) in [7, 11) is 0. The molecule has 0 aliphatic heterocycles. The second kappa shape index (κ2) is 26.7.